The molecule has 0 saturated heterocycles. The second kappa shape index (κ2) is 4.68. The first-order chi connectivity index (χ1) is 6.11. The van der Waals surface area contributed by atoms with Crippen molar-refractivity contribution in [2.45, 2.75) is 6.92 Å². The Morgan fingerprint density at radius 3 is 2.23 bits per heavy atom. The lowest BCUT2D eigenvalue weighted by molar-refractivity contribution is 0.352. The standard InChI is InChI=1S/C9H10I2O2/c1-5-8(11)6(10)4-7(12-2)9(5)13-3/h4H,1-3H3. The fourth-order valence-corrected chi connectivity index (χ4v) is 2.20. The van der Waals surface area contributed by atoms with Crippen molar-refractivity contribution in [2.75, 3.05) is 14.2 Å². The number of halogens is 2. The van der Waals surface area contributed by atoms with Gasteiger partial charge < -0.3 is 9.47 Å². The molecule has 0 aliphatic carbocycles. The summed E-state index contributed by atoms with van der Waals surface area (Å²) in [5.41, 5.74) is 1.13. The minimum absolute atomic E-state index is 0.796. The lowest BCUT2D eigenvalue weighted by atomic mass is 10.2. The second-order valence-electron chi connectivity index (χ2n) is 2.53. The molecule has 0 spiro atoms. The molecule has 13 heavy (non-hydrogen) atoms. The fourth-order valence-electron chi connectivity index (χ4n) is 1.11. The minimum Gasteiger partial charge on any atom is -0.493 e. The van der Waals surface area contributed by atoms with Gasteiger partial charge in [0.2, 0.25) is 0 Å². The highest BCUT2D eigenvalue weighted by atomic mass is 127. The summed E-state index contributed by atoms with van der Waals surface area (Å²) in [7, 11) is 3.31. The van der Waals surface area contributed by atoms with Crippen molar-refractivity contribution in [1.82, 2.24) is 0 Å². The lowest BCUT2D eigenvalue weighted by Gasteiger charge is -2.12. The number of methoxy groups -OCH3 is 2. The van der Waals surface area contributed by atoms with Gasteiger partial charge in [0.1, 0.15) is 0 Å². The van der Waals surface area contributed by atoms with E-state index in [2.05, 4.69) is 45.2 Å². The molecule has 2 nitrogen and oxygen atoms in total. The first kappa shape index (κ1) is 11.4. The number of benzene rings is 1. The van der Waals surface area contributed by atoms with Crippen LogP contribution in [-0.4, -0.2) is 14.2 Å². The molecule has 0 aromatic heterocycles. The van der Waals surface area contributed by atoms with E-state index in [0.717, 1.165) is 17.1 Å². The van der Waals surface area contributed by atoms with Crippen molar-refractivity contribution >= 4 is 45.2 Å². The van der Waals surface area contributed by atoms with Crippen LogP contribution in [0.15, 0.2) is 6.07 Å². The van der Waals surface area contributed by atoms with Gasteiger partial charge in [0.25, 0.3) is 0 Å². The summed E-state index contributed by atoms with van der Waals surface area (Å²) in [6.45, 7) is 2.03. The van der Waals surface area contributed by atoms with Crippen LogP contribution >= 0.6 is 45.2 Å². The molecule has 1 aromatic carbocycles. The van der Waals surface area contributed by atoms with Crippen LogP contribution in [0.25, 0.3) is 0 Å². The second-order valence-corrected chi connectivity index (χ2v) is 4.77. The molecule has 72 valence electrons. The molecule has 0 heterocycles. The summed E-state index contributed by atoms with van der Waals surface area (Å²) >= 11 is 4.60. The van der Waals surface area contributed by atoms with Gasteiger partial charge in [-0.05, 0) is 58.2 Å². The van der Waals surface area contributed by atoms with Crippen LogP contribution in [0.2, 0.25) is 0 Å². The monoisotopic (exact) mass is 404 g/mol. The number of hydrogen-bond donors (Lipinski definition) is 0. The number of ether oxygens (including phenoxy) is 2. The van der Waals surface area contributed by atoms with E-state index in [4.69, 9.17) is 9.47 Å². The first-order valence-electron chi connectivity index (χ1n) is 3.68. The van der Waals surface area contributed by atoms with Crippen molar-refractivity contribution in [1.29, 1.82) is 0 Å². The summed E-state index contributed by atoms with van der Waals surface area (Å²) in [5, 5.41) is 0. The van der Waals surface area contributed by atoms with Gasteiger partial charge in [0.15, 0.2) is 11.5 Å². The zero-order valence-electron chi connectivity index (χ0n) is 7.65. The Kier molecular flexibility index (Phi) is 4.08. The Balaban J connectivity index is 3.39. The van der Waals surface area contributed by atoms with Crippen LogP contribution in [0.3, 0.4) is 0 Å². The van der Waals surface area contributed by atoms with Crippen molar-refractivity contribution < 1.29 is 9.47 Å². The summed E-state index contributed by atoms with van der Waals surface area (Å²) in [4.78, 5) is 0. The predicted octanol–water partition coefficient (Wildman–Crippen LogP) is 3.22. The summed E-state index contributed by atoms with van der Waals surface area (Å²) in [6.07, 6.45) is 0. The Morgan fingerprint density at radius 1 is 1.15 bits per heavy atom. The summed E-state index contributed by atoms with van der Waals surface area (Å²) in [5.74, 6) is 1.62. The van der Waals surface area contributed by atoms with Crippen LogP contribution in [0.4, 0.5) is 0 Å². The normalized spacial score (nSPS) is 9.92. The molecule has 0 fully saturated rings. The average Bonchev–Trinajstić information content (AvgIpc) is 2.13. The van der Waals surface area contributed by atoms with Gasteiger partial charge in [-0.15, -0.1) is 0 Å². The van der Waals surface area contributed by atoms with E-state index in [0.29, 0.717) is 0 Å². The quantitative estimate of drug-likeness (QED) is 0.706. The largest absolute Gasteiger partial charge is 0.493 e. The van der Waals surface area contributed by atoms with Crippen molar-refractivity contribution in [3.05, 3.63) is 18.8 Å². The van der Waals surface area contributed by atoms with Gasteiger partial charge in [-0.2, -0.15) is 0 Å². The fraction of sp³-hybridized carbons (Fsp3) is 0.333. The SMILES string of the molecule is COc1cc(I)c(I)c(C)c1OC. The maximum Gasteiger partial charge on any atom is 0.164 e. The summed E-state index contributed by atoms with van der Waals surface area (Å²) in [6, 6.07) is 1.98. The third kappa shape index (κ3) is 2.20. The lowest BCUT2D eigenvalue weighted by Crippen LogP contribution is -1.97. The Hall–Kier alpha value is 0.280. The minimum atomic E-state index is 0.796. The molecule has 0 atom stereocenters. The predicted molar refractivity (Wildman–Crippen MR) is 69.7 cm³/mol. The molecule has 0 aliphatic rings. The molecule has 4 heteroatoms. The number of rotatable bonds is 2. The van der Waals surface area contributed by atoms with Crippen LogP contribution in [0, 0.1) is 14.1 Å². The molecule has 1 aromatic rings. The zero-order chi connectivity index (χ0) is 10.0. The van der Waals surface area contributed by atoms with E-state index >= 15 is 0 Å². The van der Waals surface area contributed by atoms with Gasteiger partial charge in [-0.3, -0.25) is 0 Å². The molecule has 0 amide bonds. The van der Waals surface area contributed by atoms with Crippen molar-refractivity contribution in [2.24, 2.45) is 0 Å². The van der Waals surface area contributed by atoms with Gasteiger partial charge in [-0.25, -0.2) is 0 Å². The molecular formula is C9H10I2O2. The maximum atomic E-state index is 5.27. The first-order valence-corrected chi connectivity index (χ1v) is 5.84. The van der Waals surface area contributed by atoms with E-state index in [1.165, 1.54) is 7.14 Å². The van der Waals surface area contributed by atoms with E-state index < -0.39 is 0 Å². The van der Waals surface area contributed by atoms with Crippen LogP contribution in [0.1, 0.15) is 5.56 Å². The maximum absolute atomic E-state index is 5.27. The van der Waals surface area contributed by atoms with Crippen LogP contribution in [-0.2, 0) is 0 Å². The van der Waals surface area contributed by atoms with E-state index in [1.54, 1.807) is 14.2 Å². The highest BCUT2D eigenvalue weighted by molar-refractivity contribution is 14.1. The Bertz CT molecular complexity index is 324. The molecule has 0 unspecified atom stereocenters. The van der Waals surface area contributed by atoms with Gasteiger partial charge in [0.05, 0.1) is 14.2 Å². The highest BCUT2D eigenvalue weighted by Gasteiger charge is 2.12. The molecule has 1 rings (SSSR count). The smallest absolute Gasteiger partial charge is 0.164 e. The number of hydrogen-bond acceptors (Lipinski definition) is 2. The Labute approximate surface area is 105 Å². The Morgan fingerprint density at radius 2 is 1.77 bits per heavy atom. The van der Waals surface area contributed by atoms with Crippen molar-refractivity contribution in [3.63, 3.8) is 0 Å². The molecule has 0 N–H and O–H groups in total. The van der Waals surface area contributed by atoms with Crippen LogP contribution in [0.5, 0.6) is 11.5 Å². The van der Waals surface area contributed by atoms with Gasteiger partial charge >= 0.3 is 0 Å². The highest BCUT2D eigenvalue weighted by Crippen LogP contribution is 2.36. The third-order valence-corrected chi connectivity index (χ3v) is 5.06. The molecule has 0 radical (unpaired) electrons. The van der Waals surface area contributed by atoms with E-state index in [1.807, 2.05) is 13.0 Å². The molecule has 0 bridgehead atoms. The van der Waals surface area contributed by atoms with E-state index in [9.17, 15) is 0 Å². The van der Waals surface area contributed by atoms with Crippen LogP contribution < -0.4 is 9.47 Å². The van der Waals surface area contributed by atoms with Gasteiger partial charge in [-0.1, -0.05) is 0 Å². The third-order valence-electron chi connectivity index (χ3n) is 1.79. The van der Waals surface area contributed by atoms with Gasteiger partial charge in [0, 0.05) is 12.7 Å². The molecular weight excluding hydrogens is 394 g/mol. The van der Waals surface area contributed by atoms with E-state index in [-0.39, 0.29) is 0 Å². The zero-order valence-corrected chi connectivity index (χ0v) is 12.0. The summed E-state index contributed by atoms with van der Waals surface area (Å²) < 4.78 is 12.9. The topological polar surface area (TPSA) is 18.5 Å². The van der Waals surface area contributed by atoms with Crippen molar-refractivity contribution in [3.8, 4) is 11.5 Å². The molecule has 0 aliphatic heterocycles. The molecule has 0 saturated carbocycles. The average molecular weight is 404 g/mol.